The first-order chi connectivity index (χ1) is 10.1. The van der Waals surface area contributed by atoms with Gasteiger partial charge in [0.25, 0.3) is 5.91 Å². The van der Waals surface area contributed by atoms with Crippen LogP contribution in [0.25, 0.3) is 0 Å². The van der Waals surface area contributed by atoms with Crippen molar-refractivity contribution in [2.45, 2.75) is 12.1 Å². The molecule has 6 heteroatoms. The molecular weight excluding hydrogens is 274 g/mol. The summed E-state index contributed by atoms with van der Waals surface area (Å²) < 4.78 is 9.66. The zero-order chi connectivity index (χ0) is 15.2. The molecule has 0 aliphatic carbocycles. The molecule has 0 aliphatic heterocycles. The molecule has 0 fully saturated rings. The highest BCUT2D eigenvalue weighted by Crippen LogP contribution is 2.19. The van der Waals surface area contributed by atoms with E-state index in [1.807, 2.05) is 0 Å². The van der Waals surface area contributed by atoms with E-state index in [9.17, 15) is 14.7 Å². The Balaban J connectivity index is 2.21. The summed E-state index contributed by atoms with van der Waals surface area (Å²) in [6.07, 6.45) is -0.171. The number of ether oxygens (including phenoxy) is 1. The fourth-order valence-corrected chi connectivity index (χ4v) is 1.84. The van der Waals surface area contributed by atoms with Crippen molar-refractivity contribution in [3.63, 3.8) is 0 Å². The number of aliphatic hydroxyl groups excluding tert-OH is 1. The zero-order valence-corrected chi connectivity index (χ0v) is 11.4. The van der Waals surface area contributed by atoms with E-state index in [2.05, 4.69) is 10.1 Å². The van der Waals surface area contributed by atoms with Gasteiger partial charge in [-0.1, -0.05) is 18.2 Å². The molecule has 1 aromatic heterocycles. The molecular formula is C15H15NO5. The highest BCUT2D eigenvalue weighted by atomic mass is 16.5. The van der Waals surface area contributed by atoms with Crippen molar-refractivity contribution in [3.05, 3.63) is 60.1 Å². The molecule has 21 heavy (non-hydrogen) atoms. The zero-order valence-electron chi connectivity index (χ0n) is 11.4. The maximum absolute atomic E-state index is 12.1. The second-order valence-electron chi connectivity index (χ2n) is 4.30. The monoisotopic (exact) mass is 289 g/mol. The molecule has 2 unspecified atom stereocenters. The summed E-state index contributed by atoms with van der Waals surface area (Å²) in [6.45, 7) is 0. The van der Waals surface area contributed by atoms with Gasteiger partial charge < -0.3 is 19.6 Å². The first-order valence-corrected chi connectivity index (χ1v) is 6.28. The number of hydrogen-bond donors (Lipinski definition) is 2. The van der Waals surface area contributed by atoms with Crippen molar-refractivity contribution in [2.75, 3.05) is 7.11 Å². The first kappa shape index (κ1) is 14.8. The summed E-state index contributed by atoms with van der Waals surface area (Å²) >= 11 is 0. The van der Waals surface area contributed by atoms with Crippen molar-refractivity contribution in [3.8, 4) is 0 Å². The number of amides is 1. The quantitative estimate of drug-likeness (QED) is 0.810. The van der Waals surface area contributed by atoms with E-state index in [0.717, 1.165) is 7.11 Å². The van der Waals surface area contributed by atoms with Gasteiger partial charge in [-0.15, -0.1) is 0 Å². The molecule has 1 heterocycles. The molecule has 0 saturated heterocycles. The molecule has 0 saturated carbocycles. The summed E-state index contributed by atoms with van der Waals surface area (Å²) in [5.41, 5.74) is 0.408. The Labute approximate surface area is 121 Å². The normalized spacial score (nSPS) is 13.2. The number of carbonyl (C=O) groups is 2. The van der Waals surface area contributed by atoms with Crippen LogP contribution < -0.4 is 5.32 Å². The molecule has 0 spiro atoms. The van der Waals surface area contributed by atoms with Gasteiger partial charge in [0, 0.05) is 5.56 Å². The third kappa shape index (κ3) is 3.49. The van der Waals surface area contributed by atoms with E-state index < -0.39 is 24.0 Å². The fourth-order valence-electron chi connectivity index (χ4n) is 1.84. The van der Waals surface area contributed by atoms with Gasteiger partial charge in [-0.05, 0) is 24.3 Å². The van der Waals surface area contributed by atoms with Crippen LogP contribution in [0.2, 0.25) is 0 Å². The minimum Gasteiger partial charge on any atom is -0.467 e. The summed E-state index contributed by atoms with van der Waals surface area (Å²) in [7, 11) is 1.16. The Morgan fingerprint density at radius 2 is 1.90 bits per heavy atom. The van der Waals surface area contributed by atoms with Crippen molar-refractivity contribution >= 4 is 11.9 Å². The lowest BCUT2D eigenvalue weighted by Crippen LogP contribution is -2.40. The number of carbonyl (C=O) groups excluding carboxylic acids is 2. The van der Waals surface area contributed by atoms with Crippen LogP contribution in [0, 0.1) is 0 Å². The Morgan fingerprint density at radius 1 is 1.19 bits per heavy atom. The van der Waals surface area contributed by atoms with Gasteiger partial charge >= 0.3 is 5.97 Å². The second kappa shape index (κ2) is 6.71. The van der Waals surface area contributed by atoms with Crippen LogP contribution in [0.15, 0.2) is 53.1 Å². The first-order valence-electron chi connectivity index (χ1n) is 6.28. The number of benzene rings is 1. The number of methoxy groups -OCH3 is 1. The number of aliphatic hydroxyl groups is 1. The second-order valence-corrected chi connectivity index (χ2v) is 4.30. The van der Waals surface area contributed by atoms with E-state index in [-0.39, 0.29) is 5.76 Å². The summed E-state index contributed by atoms with van der Waals surface area (Å²) in [5, 5.41) is 12.6. The van der Waals surface area contributed by atoms with Gasteiger partial charge in [-0.25, -0.2) is 4.79 Å². The molecule has 0 aliphatic rings. The average Bonchev–Trinajstić information content (AvgIpc) is 3.05. The van der Waals surface area contributed by atoms with Crippen LogP contribution in [0.4, 0.5) is 0 Å². The molecule has 2 rings (SSSR count). The van der Waals surface area contributed by atoms with Crippen molar-refractivity contribution < 1.29 is 23.8 Å². The predicted octanol–water partition coefficient (Wildman–Crippen LogP) is 1.28. The maximum Gasteiger partial charge on any atom is 0.337 e. The third-order valence-corrected chi connectivity index (χ3v) is 2.93. The summed E-state index contributed by atoms with van der Waals surface area (Å²) in [4.78, 5) is 23.7. The minimum atomic E-state index is -1.56. The third-order valence-electron chi connectivity index (χ3n) is 2.93. The largest absolute Gasteiger partial charge is 0.467 e. The molecule has 2 N–H and O–H groups in total. The molecule has 2 atom stereocenters. The summed E-state index contributed by atoms with van der Waals surface area (Å²) in [6, 6.07) is 10.6. The smallest absolute Gasteiger partial charge is 0.337 e. The number of rotatable bonds is 5. The van der Waals surface area contributed by atoms with Gasteiger partial charge in [-0.3, -0.25) is 4.79 Å². The van der Waals surface area contributed by atoms with Crippen molar-refractivity contribution in [1.82, 2.24) is 5.32 Å². The maximum atomic E-state index is 12.1. The molecule has 0 bridgehead atoms. The van der Waals surface area contributed by atoms with Crippen molar-refractivity contribution in [2.24, 2.45) is 0 Å². The molecule has 6 nitrogen and oxygen atoms in total. The SMILES string of the molecule is COC(=O)C(O)C(NC(=O)c1ccccc1)c1ccco1. The Hall–Kier alpha value is -2.60. The fraction of sp³-hybridized carbons (Fsp3) is 0.200. The van der Waals surface area contributed by atoms with Crippen LogP contribution in [0.1, 0.15) is 22.2 Å². The Morgan fingerprint density at radius 3 is 2.48 bits per heavy atom. The van der Waals surface area contributed by atoms with E-state index >= 15 is 0 Å². The van der Waals surface area contributed by atoms with Gasteiger partial charge in [0.2, 0.25) is 0 Å². The van der Waals surface area contributed by atoms with E-state index in [0.29, 0.717) is 5.56 Å². The van der Waals surface area contributed by atoms with Gasteiger partial charge in [0.15, 0.2) is 6.10 Å². The lowest BCUT2D eigenvalue weighted by molar-refractivity contribution is -0.152. The topological polar surface area (TPSA) is 88.8 Å². The molecule has 1 amide bonds. The molecule has 110 valence electrons. The van der Waals surface area contributed by atoms with Crippen molar-refractivity contribution in [1.29, 1.82) is 0 Å². The van der Waals surface area contributed by atoms with Crippen LogP contribution in [-0.2, 0) is 9.53 Å². The number of esters is 1. The van der Waals surface area contributed by atoms with E-state index in [1.165, 1.54) is 6.26 Å². The Kier molecular flexibility index (Phi) is 4.73. The highest BCUT2D eigenvalue weighted by Gasteiger charge is 2.32. The number of furan rings is 1. The standard InChI is InChI=1S/C15H15NO5/c1-20-15(19)13(17)12(11-8-5-9-21-11)16-14(18)10-6-3-2-4-7-10/h2-9,12-13,17H,1H3,(H,16,18). The van der Waals surface area contributed by atoms with Crippen LogP contribution in [0.5, 0.6) is 0 Å². The number of hydrogen-bond acceptors (Lipinski definition) is 5. The minimum absolute atomic E-state index is 0.261. The predicted molar refractivity (Wildman–Crippen MR) is 73.4 cm³/mol. The molecule has 2 aromatic rings. The molecule has 0 radical (unpaired) electrons. The van der Waals surface area contributed by atoms with Gasteiger partial charge in [0.1, 0.15) is 11.8 Å². The summed E-state index contributed by atoms with van der Waals surface area (Å²) in [5.74, 6) is -1.03. The van der Waals surface area contributed by atoms with Crippen LogP contribution >= 0.6 is 0 Å². The Bertz CT molecular complexity index is 594. The number of nitrogens with one attached hydrogen (secondary N) is 1. The van der Waals surface area contributed by atoms with E-state index in [4.69, 9.17) is 4.42 Å². The van der Waals surface area contributed by atoms with Gasteiger partial charge in [0.05, 0.1) is 13.4 Å². The van der Waals surface area contributed by atoms with Crippen LogP contribution in [-0.4, -0.2) is 30.2 Å². The lowest BCUT2D eigenvalue weighted by Gasteiger charge is -2.20. The van der Waals surface area contributed by atoms with Gasteiger partial charge in [-0.2, -0.15) is 0 Å². The molecule has 1 aromatic carbocycles. The van der Waals surface area contributed by atoms with Crippen LogP contribution in [0.3, 0.4) is 0 Å². The lowest BCUT2D eigenvalue weighted by atomic mass is 10.1. The average molecular weight is 289 g/mol. The highest BCUT2D eigenvalue weighted by molar-refractivity contribution is 5.94. The van der Waals surface area contributed by atoms with E-state index in [1.54, 1.807) is 42.5 Å².